The number of phosphoric acid groups is 2. The Kier molecular flexibility index (Phi) is 73.1. The summed E-state index contributed by atoms with van der Waals surface area (Å²) >= 11 is 0. The molecule has 606 valence electrons. The molecule has 0 radical (unpaired) electrons. The van der Waals surface area contributed by atoms with Crippen molar-refractivity contribution in [1.29, 1.82) is 0 Å². The van der Waals surface area contributed by atoms with Crippen LogP contribution >= 0.6 is 15.6 Å². The van der Waals surface area contributed by atoms with E-state index in [-0.39, 0.29) is 25.7 Å². The number of aliphatic hydroxyl groups is 1. The zero-order valence-electron chi connectivity index (χ0n) is 66.9. The van der Waals surface area contributed by atoms with E-state index in [1.54, 1.807) is 0 Å². The number of ether oxygens (including phenoxy) is 4. The highest BCUT2D eigenvalue weighted by atomic mass is 31.2. The number of hydrogen-bond acceptors (Lipinski definition) is 15. The van der Waals surface area contributed by atoms with Gasteiger partial charge in [-0.05, 0) is 37.5 Å². The molecular weight excluding hydrogens is 1330 g/mol. The highest BCUT2D eigenvalue weighted by Gasteiger charge is 2.30. The van der Waals surface area contributed by atoms with Crippen LogP contribution in [0.15, 0.2) is 0 Å². The van der Waals surface area contributed by atoms with Crippen molar-refractivity contribution in [2.45, 2.75) is 458 Å². The van der Waals surface area contributed by atoms with Gasteiger partial charge in [-0.15, -0.1) is 0 Å². The predicted octanol–water partition coefficient (Wildman–Crippen LogP) is 25.1. The van der Waals surface area contributed by atoms with Crippen LogP contribution in [0.4, 0.5) is 0 Å². The molecule has 19 heteroatoms. The molecule has 0 aromatic heterocycles. The Bertz CT molecular complexity index is 1960. The van der Waals surface area contributed by atoms with Crippen LogP contribution in [0, 0.1) is 11.8 Å². The van der Waals surface area contributed by atoms with Crippen molar-refractivity contribution in [3.8, 4) is 0 Å². The van der Waals surface area contributed by atoms with Crippen molar-refractivity contribution in [2.24, 2.45) is 11.8 Å². The number of unbranched alkanes of at least 4 members (excludes halogenated alkanes) is 50. The normalized spacial score (nSPS) is 14.4. The Hall–Kier alpha value is -1.94. The summed E-state index contributed by atoms with van der Waals surface area (Å²) in [4.78, 5) is 73.0. The maximum Gasteiger partial charge on any atom is 0.472 e. The van der Waals surface area contributed by atoms with Gasteiger partial charge >= 0.3 is 39.5 Å². The van der Waals surface area contributed by atoms with Crippen molar-refractivity contribution < 1.29 is 80.2 Å². The fourth-order valence-electron chi connectivity index (χ4n) is 12.8. The van der Waals surface area contributed by atoms with Gasteiger partial charge in [0.25, 0.3) is 0 Å². The van der Waals surface area contributed by atoms with Crippen molar-refractivity contribution in [2.75, 3.05) is 39.6 Å². The topological polar surface area (TPSA) is 237 Å². The van der Waals surface area contributed by atoms with Crippen molar-refractivity contribution >= 4 is 39.5 Å². The number of hydrogen-bond donors (Lipinski definition) is 3. The Morgan fingerprint density at radius 1 is 0.275 bits per heavy atom. The van der Waals surface area contributed by atoms with E-state index in [1.807, 2.05) is 0 Å². The second-order valence-corrected chi connectivity index (χ2v) is 33.3. The lowest BCUT2D eigenvalue weighted by Gasteiger charge is -2.21. The first-order valence-electron chi connectivity index (χ1n) is 43.1. The van der Waals surface area contributed by atoms with Crippen LogP contribution in [0.5, 0.6) is 0 Å². The molecule has 0 saturated carbocycles. The van der Waals surface area contributed by atoms with Crippen molar-refractivity contribution in [1.82, 2.24) is 0 Å². The van der Waals surface area contributed by atoms with Crippen LogP contribution in [-0.4, -0.2) is 96.7 Å². The Morgan fingerprint density at radius 2 is 0.471 bits per heavy atom. The second kappa shape index (κ2) is 74.5. The SMILES string of the molecule is CCCCCCCCCCCCCCCCCCCCC(=O)OC[C@H](COP(=O)(O)OC[C@@H](O)COP(=O)(O)OC[C@@H](COC(=O)CCCCCCCCC(C)CC)OC(=O)CCCCCCCCCCCCCC)OC(=O)CCCCCCCCCCCCCCCCCCCCC(C)CC. The number of aliphatic hydroxyl groups excluding tert-OH is 1. The third kappa shape index (κ3) is 73.6. The van der Waals surface area contributed by atoms with Gasteiger partial charge in [0.05, 0.1) is 26.4 Å². The molecule has 7 atom stereocenters. The maximum atomic E-state index is 13.1. The van der Waals surface area contributed by atoms with Gasteiger partial charge in [0.2, 0.25) is 0 Å². The summed E-state index contributed by atoms with van der Waals surface area (Å²) in [5, 5.41) is 10.6. The van der Waals surface area contributed by atoms with Gasteiger partial charge in [0, 0.05) is 25.7 Å². The Balaban J connectivity index is 5.21. The molecular formula is C83H162O17P2. The van der Waals surface area contributed by atoms with Crippen LogP contribution in [0.3, 0.4) is 0 Å². The standard InChI is InChI=1S/C83H162O17P2/c1-7-11-13-15-17-19-21-23-24-25-29-32-35-39-42-46-53-59-65-80(85)93-71-78(99-83(88)68-62-56-48-44-40-36-33-30-27-26-28-31-34-37-41-45-51-57-63-75(5)9-3)73-97-101(89,90)95-69-77(84)70-96-102(91,92)98-74-79(72-94-81(86)66-60-54-50-49-52-58-64-76(6)10-4)100-82(87)67-61-55-47-43-38-22-20-18-16-14-12-8-2/h75-79,84H,7-74H2,1-6H3,(H,89,90)(H,91,92)/t75?,76?,77-,78-,79-/m1/s1. The lowest BCUT2D eigenvalue weighted by atomic mass is 9.99. The first-order valence-corrected chi connectivity index (χ1v) is 46.1. The zero-order valence-corrected chi connectivity index (χ0v) is 68.7. The molecule has 0 aromatic rings. The number of carbonyl (C=O) groups excluding carboxylic acids is 4. The average Bonchev–Trinajstić information content (AvgIpc) is 1.02. The third-order valence-corrected chi connectivity index (χ3v) is 22.1. The Morgan fingerprint density at radius 3 is 0.696 bits per heavy atom. The maximum absolute atomic E-state index is 13.1. The van der Waals surface area contributed by atoms with Crippen molar-refractivity contribution in [3.05, 3.63) is 0 Å². The molecule has 0 saturated heterocycles. The number of rotatable bonds is 82. The summed E-state index contributed by atoms with van der Waals surface area (Å²) in [5.41, 5.74) is 0. The molecule has 4 unspecified atom stereocenters. The number of phosphoric ester groups is 2. The minimum Gasteiger partial charge on any atom is -0.462 e. The smallest absolute Gasteiger partial charge is 0.462 e. The summed E-state index contributed by atoms with van der Waals surface area (Å²) in [5.74, 6) is -0.505. The minimum absolute atomic E-state index is 0.107. The van der Waals surface area contributed by atoms with E-state index < -0.39 is 97.5 Å². The monoisotopic (exact) mass is 1490 g/mol. The molecule has 0 amide bonds. The lowest BCUT2D eigenvalue weighted by Crippen LogP contribution is -2.30. The molecule has 102 heavy (non-hydrogen) atoms. The molecule has 17 nitrogen and oxygen atoms in total. The second-order valence-electron chi connectivity index (χ2n) is 30.4. The molecule has 3 N–H and O–H groups in total. The molecule has 0 aliphatic rings. The molecule has 0 bridgehead atoms. The van der Waals surface area contributed by atoms with E-state index in [2.05, 4.69) is 41.5 Å². The summed E-state index contributed by atoms with van der Waals surface area (Å²) in [6.45, 7) is 9.67. The summed E-state index contributed by atoms with van der Waals surface area (Å²) in [7, 11) is -9.92. The van der Waals surface area contributed by atoms with Crippen LogP contribution in [0.2, 0.25) is 0 Å². The highest BCUT2D eigenvalue weighted by molar-refractivity contribution is 7.47. The van der Waals surface area contributed by atoms with Crippen LogP contribution in [0.25, 0.3) is 0 Å². The van der Waals surface area contributed by atoms with Crippen LogP contribution in [0.1, 0.15) is 440 Å². The van der Waals surface area contributed by atoms with Gasteiger partial charge < -0.3 is 33.8 Å². The van der Waals surface area contributed by atoms with E-state index in [1.165, 1.54) is 250 Å². The predicted molar refractivity (Wildman–Crippen MR) is 418 cm³/mol. The van der Waals surface area contributed by atoms with E-state index in [0.29, 0.717) is 25.7 Å². The zero-order chi connectivity index (χ0) is 74.9. The van der Waals surface area contributed by atoms with Gasteiger partial charge in [0.15, 0.2) is 12.2 Å². The van der Waals surface area contributed by atoms with Gasteiger partial charge in [-0.3, -0.25) is 37.3 Å². The van der Waals surface area contributed by atoms with E-state index >= 15 is 0 Å². The van der Waals surface area contributed by atoms with Gasteiger partial charge in [0.1, 0.15) is 19.3 Å². The van der Waals surface area contributed by atoms with Gasteiger partial charge in [-0.1, -0.05) is 388 Å². The minimum atomic E-state index is -4.96. The Labute approximate surface area is 626 Å². The van der Waals surface area contributed by atoms with Gasteiger partial charge in [-0.2, -0.15) is 0 Å². The number of esters is 4. The highest BCUT2D eigenvalue weighted by Crippen LogP contribution is 2.45. The molecule has 0 heterocycles. The quantitative estimate of drug-likeness (QED) is 0.0222. The fourth-order valence-corrected chi connectivity index (χ4v) is 14.4. The molecule has 0 rings (SSSR count). The van der Waals surface area contributed by atoms with E-state index in [9.17, 15) is 43.2 Å². The van der Waals surface area contributed by atoms with Crippen LogP contribution < -0.4 is 0 Å². The summed E-state index contributed by atoms with van der Waals surface area (Å²) in [6, 6.07) is 0. The first kappa shape index (κ1) is 100. The molecule has 0 fully saturated rings. The molecule has 0 aromatic carbocycles. The molecule has 0 aliphatic heterocycles. The van der Waals surface area contributed by atoms with E-state index in [4.69, 9.17) is 37.0 Å². The fraction of sp³-hybridized carbons (Fsp3) is 0.952. The van der Waals surface area contributed by atoms with Gasteiger partial charge in [-0.25, -0.2) is 9.13 Å². The average molecular weight is 1490 g/mol. The first-order chi connectivity index (χ1) is 49.4. The summed E-state index contributed by atoms with van der Waals surface area (Å²) in [6.07, 6.45) is 65.3. The summed E-state index contributed by atoms with van der Waals surface area (Å²) < 4.78 is 68.7. The number of carbonyl (C=O) groups is 4. The third-order valence-electron chi connectivity index (χ3n) is 20.2. The van der Waals surface area contributed by atoms with E-state index in [0.717, 1.165) is 108 Å². The van der Waals surface area contributed by atoms with Crippen LogP contribution in [-0.2, 0) is 65.4 Å². The molecule has 0 spiro atoms. The lowest BCUT2D eigenvalue weighted by molar-refractivity contribution is -0.161. The van der Waals surface area contributed by atoms with Crippen molar-refractivity contribution in [3.63, 3.8) is 0 Å². The largest absolute Gasteiger partial charge is 0.472 e. The molecule has 0 aliphatic carbocycles.